The van der Waals surface area contributed by atoms with Gasteiger partial charge >= 0.3 is 0 Å². The molecule has 0 bridgehead atoms. The molecule has 0 saturated carbocycles. The second-order valence-electron chi connectivity index (χ2n) is 7.60. The summed E-state index contributed by atoms with van der Waals surface area (Å²) in [6, 6.07) is 8.41. The van der Waals surface area contributed by atoms with Crippen LogP contribution in [0.15, 0.2) is 36.9 Å². The monoisotopic (exact) mass is 371 g/mol. The van der Waals surface area contributed by atoms with Gasteiger partial charge in [-0.3, -0.25) is 9.59 Å². The standard InChI is InChI=1S/C22H33N3O2/c1-5-8-22(27)23-15-20-9-6-7-10-21(20)25(18(4)26)16-19-11-13-24(14-12-19)17(2)3/h5-7,9-10,17,19H,1,8,11-16H2,2-4H3,(H,23,27). The third kappa shape index (κ3) is 6.21. The van der Waals surface area contributed by atoms with Gasteiger partial charge < -0.3 is 15.1 Å². The first-order valence-corrected chi connectivity index (χ1v) is 9.90. The average molecular weight is 372 g/mol. The lowest BCUT2D eigenvalue weighted by atomic mass is 9.95. The molecule has 0 radical (unpaired) electrons. The van der Waals surface area contributed by atoms with Gasteiger partial charge in [0.15, 0.2) is 0 Å². The van der Waals surface area contributed by atoms with Crippen LogP contribution in [0.25, 0.3) is 0 Å². The highest BCUT2D eigenvalue weighted by molar-refractivity contribution is 5.92. The molecule has 1 aromatic rings. The van der Waals surface area contributed by atoms with Gasteiger partial charge in [-0.1, -0.05) is 24.3 Å². The molecule has 1 N–H and O–H groups in total. The van der Waals surface area contributed by atoms with E-state index >= 15 is 0 Å². The lowest BCUT2D eigenvalue weighted by Crippen LogP contribution is -2.43. The lowest BCUT2D eigenvalue weighted by molar-refractivity contribution is -0.120. The molecule has 0 aromatic heterocycles. The Bertz CT molecular complexity index is 649. The Labute approximate surface area is 163 Å². The van der Waals surface area contributed by atoms with Gasteiger partial charge in [-0.05, 0) is 57.3 Å². The molecule has 0 aliphatic carbocycles. The van der Waals surface area contributed by atoms with Gasteiger partial charge in [-0.15, -0.1) is 6.58 Å². The summed E-state index contributed by atoms with van der Waals surface area (Å²) in [5, 5.41) is 2.90. The number of hydrogen-bond donors (Lipinski definition) is 1. The number of nitrogens with zero attached hydrogens (tertiary/aromatic N) is 2. The van der Waals surface area contributed by atoms with Crippen LogP contribution in [0.4, 0.5) is 5.69 Å². The summed E-state index contributed by atoms with van der Waals surface area (Å²) in [5.41, 5.74) is 1.86. The number of anilines is 1. The molecule has 0 spiro atoms. The molecule has 0 atom stereocenters. The Morgan fingerprint density at radius 3 is 2.56 bits per heavy atom. The molecule has 5 heteroatoms. The minimum atomic E-state index is -0.0600. The highest BCUT2D eigenvalue weighted by atomic mass is 16.2. The van der Waals surface area contributed by atoms with Crippen molar-refractivity contribution in [3.63, 3.8) is 0 Å². The fourth-order valence-corrected chi connectivity index (χ4v) is 3.63. The summed E-state index contributed by atoms with van der Waals surface area (Å²) in [5.74, 6) is 0.494. The summed E-state index contributed by atoms with van der Waals surface area (Å²) in [6.45, 7) is 13.0. The number of carbonyl (C=O) groups excluding carboxylic acids is 2. The minimum absolute atomic E-state index is 0.0474. The van der Waals surface area contributed by atoms with Crippen LogP contribution in [-0.4, -0.2) is 42.4 Å². The van der Waals surface area contributed by atoms with E-state index in [0.29, 0.717) is 24.9 Å². The van der Waals surface area contributed by atoms with Gasteiger partial charge in [0.25, 0.3) is 0 Å². The quantitative estimate of drug-likeness (QED) is 0.713. The zero-order chi connectivity index (χ0) is 19.8. The Balaban J connectivity index is 2.07. The van der Waals surface area contributed by atoms with Gasteiger partial charge in [-0.25, -0.2) is 0 Å². The van der Waals surface area contributed by atoms with Crippen molar-refractivity contribution >= 4 is 17.5 Å². The molecule has 5 nitrogen and oxygen atoms in total. The van der Waals surface area contributed by atoms with Crippen molar-refractivity contribution in [1.82, 2.24) is 10.2 Å². The van der Waals surface area contributed by atoms with Crippen LogP contribution in [0.2, 0.25) is 0 Å². The number of carbonyl (C=O) groups is 2. The number of nitrogens with one attached hydrogen (secondary N) is 1. The molecule has 1 aliphatic rings. The number of piperidine rings is 1. The highest BCUT2D eigenvalue weighted by Crippen LogP contribution is 2.26. The average Bonchev–Trinajstić information content (AvgIpc) is 2.65. The maximum Gasteiger partial charge on any atom is 0.224 e. The number of rotatable bonds is 8. The normalized spacial score (nSPS) is 15.6. The van der Waals surface area contributed by atoms with E-state index < -0.39 is 0 Å². The maximum atomic E-state index is 12.4. The highest BCUT2D eigenvalue weighted by Gasteiger charge is 2.25. The minimum Gasteiger partial charge on any atom is -0.352 e. The Morgan fingerprint density at radius 1 is 1.30 bits per heavy atom. The van der Waals surface area contributed by atoms with Crippen molar-refractivity contribution < 1.29 is 9.59 Å². The molecule has 1 heterocycles. The van der Waals surface area contributed by atoms with E-state index in [4.69, 9.17) is 0 Å². The molecule has 2 rings (SSSR count). The fraction of sp³-hybridized carbons (Fsp3) is 0.545. The van der Waals surface area contributed by atoms with Crippen molar-refractivity contribution in [2.24, 2.45) is 5.92 Å². The Morgan fingerprint density at radius 2 is 1.96 bits per heavy atom. The largest absolute Gasteiger partial charge is 0.352 e. The van der Waals surface area contributed by atoms with Crippen LogP contribution in [0.5, 0.6) is 0 Å². The first-order valence-electron chi connectivity index (χ1n) is 9.90. The number of hydrogen-bond acceptors (Lipinski definition) is 3. The zero-order valence-corrected chi connectivity index (χ0v) is 16.9. The van der Waals surface area contributed by atoms with E-state index in [1.54, 1.807) is 13.0 Å². The van der Waals surface area contributed by atoms with Crippen molar-refractivity contribution in [1.29, 1.82) is 0 Å². The van der Waals surface area contributed by atoms with Gasteiger partial charge in [0.2, 0.25) is 11.8 Å². The second kappa shape index (κ2) is 10.3. The van der Waals surface area contributed by atoms with Crippen LogP contribution in [0.1, 0.15) is 45.6 Å². The van der Waals surface area contributed by atoms with E-state index in [1.807, 2.05) is 29.2 Å². The summed E-state index contributed by atoms with van der Waals surface area (Å²) < 4.78 is 0. The molecule has 27 heavy (non-hydrogen) atoms. The van der Waals surface area contributed by atoms with Crippen molar-refractivity contribution in [2.75, 3.05) is 24.5 Å². The second-order valence-corrected chi connectivity index (χ2v) is 7.60. The van der Waals surface area contributed by atoms with E-state index in [0.717, 1.165) is 43.7 Å². The molecule has 1 aromatic carbocycles. The topological polar surface area (TPSA) is 52.7 Å². The summed E-state index contributed by atoms with van der Waals surface area (Å²) in [4.78, 5) is 28.5. The third-order valence-corrected chi connectivity index (χ3v) is 5.29. The number of likely N-dealkylation sites (tertiary alicyclic amines) is 1. The predicted molar refractivity (Wildman–Crippen MR) is 111 cm³/mol. The van der Waals surface area contributed by atoms with E-state index in [-0.39, 0.29) is 11.8 Å². The first-order chi connectivity index (χ1) is 12.9. The van der Waals surface area contributed by atoms with E-state index in [2.05, 4.69) is 30.6 Å². The number of amides is 2. The molecule has 2 amide bonds. The molecule has 0 unspecified atom stereocenters. The van der Waals surface area contributed by atoms with Crippen LogP contribution in [0.3, 0.4) is 0 Å². The molecule has 1 saturated heterocycles. The summed E-state index contributed by atoms with van der Waals surface area (Å²) in [6.07, 6.45) is 4.11. The van der Waals surface area contributed by atoms with E-state index in [9.17, 15) is 9.59 Å². The zero-order valence-electron chi connectivity index (χ0n) is 16.9. The fourth-order valence-electron chi connectivity index (χ4n) is 3.63. The number of benzene rings is 1. The predicted octanol–water partition coefficient (Wildman–Crippen LogP) is 3.35. The number of para-hydroxylation sites is 1. The molecule has 1 aliphatic heterocycles. The summed E-state index contributed by atoms with van der Waals surface area (Å²) >= 11 is 0. The molecular weight excluding hydrogens is 338 g/mol. The Kier molecular flexibility index (Phi) is 8.04. The smallest absolute Gasteiger partial charge is 0.224 e. The van der Waals surface area contributed by atoms with Gasteiger partial charge in [0, 0.05) is 38.2 Å². The van der Waals surface area contributed by atoms with Crippen molar-refractivity contribution in [3.05, 3.63) is 42.5 Å². The van der Waals surface area contributed by atoms with Crippen LogP contribution in [-0.2, 0) is 16.1 Å². The maximum absolute atomic E-state index is 12.4. The SMILES string of the molecule is C=CCC(=O)NCc1ccccc1N(CC1CCN(C(C)C)CC1)C(C)=O. The lowest BCUT2D eigenvalue weighted by Gasteiger charge is -2.37. The van der Waals surface area contributed by atoms with Gasteiger partial charge in [0.05, 0.1) is 0 Å². The third-order valence-electron chi connectivity index (χ3n) is 5.29. The van der Waals surface area contributed by atoms with Crippen molar-refractivity contribution in [2.45, 2.75) is 52.6 Å². The van der Waals surface area contributed by atoms with Crippen LogP contribution >= 0.6 is 0 Å². The van der Waals surface area contributed by atoms with Crippen LogP contribution in [0, 0.1) is 5.92 Å². The molecule has 1 fully saturated rings. The summed E-state index contributed by atoms with van der Waals surface area (Å²) in [7, 11) is 0. The first kappa shape index (κ1) is 21.2. The molecular formula is C22H33N3O2. The van der Waals surface area contributed by atoms with Crippen molar-refractivity contribution in [3.8, 4) is 0 Å². The van der Waals surface area contributed by atoms with Gasteiger partial charge in [0.1, 0.15) is 0 Å². The van der Waals surface area contributed by atoms with E-state index in [1.165, 1.54) is 0 Å². The molecule has 148 valence electrons. The van der Waals surface area contributed by atoms with Gasteiger partial charge in [-0.2, -0.15) is 0 Å². The Hall–Kier alpha value is -2.14. The van der Waals surface area contributed by atoms with Crippen LogP contribution < -0.4 is 10.2 Å².